The Bertz CT molecular complexity index is 774. The van der Waals surface area contributed by atoms with Crippen molar-refractivity contribution in [2.24, 2.45) is 17.8 Å². The summed E-state index contributed by atoms with van der Waals surface area (Å²) in [5.41, 5.74) is 1.95. The van der Waals surface area contributed by atoms with E-state index in [1.54, 1.807) is 19.1 Å². The number of hydrogen-bond acceptors (Lipinski definition) is 2. The summed E-state index contributed by atoms with van der Waals surface area (Å²) in [6.07, 6.45) is 16.7. The molecule has 32 heavy (non-hydrogen) atoms. The Balaban J connectivity index is 1.28. The van der Waals surface area contributed by atoms with Crippen molar-refractivity contribution in [3.63, 3.8) is 0 Å². The Morgan fingerprint density at radius 2 is 1.59 bits per heavy atom. The van der Waals surface area contributed by atoms with E-state index in [-0.39, 0.29) is 11.7 Å². The number of hydrogen-bond donors (Lipinski definition) is 0. The fourth-order valence-electron chi connectivity index (χ4n) is 6.42. The predicted octanol–water partition coefficient (Wildman–Crippen LogP) is 8.31. The summed E-state index contributed by atoms with van der Waals surface area (Å²) < 4.78 is 40.4. The molecule has 4 heteroatoms. The van der Waals surface area contributed by atoms with Gasteiger partial charge >= 0.3 is 0 Å². The van der Waals surface area contributed by atoms with Gasteiger partial charge in [0.15, 0.2) is 11.6 Å². The first kappa shape index (κ1) is 23.6. The van der Waals surface area contributed by atoms with Crippen molar-refractivity contribution in [1.29, 1.82) is 0 Å². The minimum absolute atomic E-state index is 0.0142. The van der Waals surface area contributed by atoms with Gasteiger partial charge in [-0.1, -0.05) is 38.7 Å². The van der Waals surface area contributed by atoms with Gasteiger partial charge in [0.2, 0.25) is 5.82 Å². The fourth-order valence-corrected chi connectivity index (χ4v) is 6.42. The molecule has 0 bridgehead atoms. The van der Waals surface area contributed by atoms with E-state index >= 15 is 0 Å². The van der Waals surface area contributed by atoms with Gasteiger partial charge < -0.3 is 9.47 Å². The Morgan fingerprint density at radius 1 is 0.875 bits per heavy atom. The third kappa shape index (κ3) is 5.31. The zero-order valence-corrected chi connectivity index (χ0v) is 19.9. The van der Waals surface area contributed by atoms with Crippen LogP contribution in [0.5, 0.6) is 5.75 Å². The van der Waals surface area contributed by atoms with Gasteiger partial charge in [0.25, 0.3) is 0 Å². The molecule has 0 saturated heterocycles. The van der Waals surface area contributed by atoms with Crippen molar-refractivity contribution in [2.75, 3.05) is 6.61 Å². The SMILES string of the molecule is CCCC1CCC(C2CCC(C3CCC(c4ccc(OCC)c(F)c4F)CC3)=CO2)CC1. The van der Waals surface area contributed by atoms with Crippen LogP contribution in [0.15, 0.2) is 24.0 Å². The van der Waals surface area contributed by atoms with Crippen LogP contribution >= 0.6 is 0 Å². The molecule has 1 heterocycles. The predicted molar refractivity (Wildman–Crippen MR) is 125 cm³/mol. The van der Waals surface area contributed by atoms with Crippen LogP contribution in [0.4, 0.5) is 8.78 Å². The van der Waals surface area contributed by atoms with Gasteiger partial charge in [0.05, 0.1) is 12.9 Å². The van der Waals surface area contributed by atoms with Crippen LogP contribution in [0.3, 0.4) is 0 Å². The van der Waals surface area contributed by atoms with Crippen LogP contribution in [0.1, 0.15) is 102 Å². The van der Waals surface area contributed by atoms with E-state index in [0.717, 1.165) is 50.4 Å². The molecule has 1 atom stereocenters. The molecule has 1 unspecified atom stereocenters. The lowest BCUT2D eigenvalue weighted by Crippen LogP contribution is -2.30. The molecule has 2 saturated carbocycles. The summed E-state index contributed by atoms with van der Waals surface area (Å²) in [5.74, 6) is 0.737. The second kappa shape index (κ2) is 11.0. The van der Waals surface area contributed by atoms with E-state index in [1.807, 2.05) is 0 Å². The first-order valence-electron chi connectivity index (χ1n) is 13.1. The van der Waals surface area contributed by atoms with E-state index in [9.17, 15) is 8.78 Å². The van der Waals surface area contributed by atoms with Crippen molar-refractivity contribution in [3.8, 4) is 5.75 Å². The van der Waals surface area contributed by atoms with Crippen molar-refractivity contribution in [2.45, 2.75) is 103 Å². The second-order valence-electron chi connectivity index (χ2n) is 10.2. The van der Waals surface area contributed by atoms with Crippen LogP contribution in [0.25, 0.3) is 0 Å². The average molecular weight is 447 g/mol. The lowest BCUT2D eigenvalue weighted by molar-refractivity contribution is 0.0364. The summed E-state index contributed by atoms with van der Waals surface area (Å²) in [4.78, 5) is 0. The maximum Gasteiger partial charge on any atom is 0.200 e. The molecule has 2 aliphatic carbocycles. The topological polar surface area (TPSA) is 18.5 Å². The number of rotatable bonds is 7. The van der Waals surface area contributed by atoms with Gasteiger partial charge in [-0.05, 0) is 99.2 Å². The van der Waals surface area contributed by atoms with Crippen LogP contribution in [0, 0.1) is 29.4 Å². The maximum absolute atomic E-state index is 14.6. The summed E-state index contributed by atoms with van der Waals surface area (Å²) in [6, 6.07) is 3.30. The quantitative estimate of drug-likeness (QED) is 0.419. The molecule has 0 spiro atoms. The van der Waals surface area contributed by atoms with Crippen molar-refractivity contribution < 1.29 is 18.3 Å². The smallest absolute Gasteiger partial charge is 0.200 e. The summed E-state index contributed by atoms with van der Waals surface area (Å²) >= 11 is 0. The molecule has 0 radical (unpaired) electrons. The maximum atomic E-state index is 14.6. The van der Waals surface area contributed by atoms with Gasteiger partial charge in [-0.25, -0.2) is 4.39 Å². The molecule has 3 aliphatic rings. The van der Waals surface area contributed by atoms with Crippen molar-refractivity contribution in [3.05, 3.63) is 41.2 Å². The largest absolute Gasteiger partial charge is 0.498 e. The van der Waals surface area contributed by atoms with E-state index in [1.165, 1.54) is 44.1 Å². The molecule has 1 aliphatic heterocycles. The molecule has 1 aromatic carbocycles. The van der Waals surface area contributed by atoms with Crippen LogP contribution in [-0.2, 0) is 4.74 Å². The van der Waals surface area contributed by atoms with Gasteiger partial charge in [0.1, 0.15) is 6.10 Å². The number of ether oxygens (including phenoxy) is 2. The number of benzene rings is 1. The Kier molecular flexibility index (Phi) is 8.12. The Hall–Kier alpha value is -1.58. The third-order valence-electron chi connectivity index (χ3n) is 8.29. The highest BCUT2D eigenvalue weighted by atomic mass is 19.2. The van der Waals surface area contributed by atoms with Crippen molar-refractivity contribution >= 4 is 0 Å². The van der Waals surface area contributed by atoms with Gasteiger partial charge in [0, 0.05) is 0 Å². The monoisotopic (exact) mass is 446 g/mol. The summed E-state index contributed by atoms with van der Waals surface area (Å²) in [6.45, 7) is 4.40. The first-order chi connectivity index (χ1) is 15.6. The molecular formula is C28H40F2O2. The fraction of sp³-hybridized carbons (Fsp3) is 0.714. The van der Waals surface area contributed by atoms with Gasteiger partial charge in [-0.3, -0.25) is 0 Å². The first-order valence-corrected chi connectivity index (χ1v) is 13.1. The lowest BCUT2D eigenvalue weighted by atomic mass is 9.73. The standard InChI is InChI=1S/C28H40F2O2/c1-3-5-19-6-8-22(9-7-19)25-16-14-23(18-32-25)20-10-12-21(13-11-20)24-15-17-26(31-4-2)28(30)27(24)29/h15,17-22,25H,3-14,16H2,1-2H3. The van der Waals surface area contributed by atoms with Gasteiger partial charge in [-0.15, -0.1) is 0 Å². The van der Waals surface area contributed by atoms with Crippen LogP contribution in [0.2, 0.25) is 0 Å². The zero-order valence-electron chi connectivity index (χ0n) is 19.9. The Labute approximate surface area is 192 Å². The van der Waals surface area contributed by atoms with E-state index in [4.69, 9.17) is 9.47 Å². The zero-order chi connectivity index (χ0) is 22.5. The average Bonchev–Trinajstić information content (AvgIpc) is 2.83. The molecule has 2 fully saturated rings. The second-order valence-corrected chi connectivity index (χ2v) is 10.2. The minimum Gasteiger partial charge on any atom is -0.498 e. The van der Waals surface area contributed by atoms with Crippen molar-refractivity contribution in [1.82, 2.24) is 0 Å². The molecular weight excluding hydrogens is 406 g/mol. The normalized spacial score (nSPS) is 31.0. The van der Waals surface area contributed by atoms with E-state index < -0.39 is 11.6 Å². The molecule has 178 valence electrons. The molecule has 2 nitrogen and oxygen atoms in total. The highest BCUT2D eigenvalue weighted by Gasteiger charge is 2.33. The van der Waals surface area contributed by atoms with E-state index in [2.05, 4.69) is 13.2 Å². The number of allylic oxidation sites excluding steroid dienone is 1. The Morgan fingerprint density at radius 3 is 2.22 bits per heavy atom. The van der Waals surface area contributed by atoms with E-state index in [0.29, 0.717) is 24.2 Å². The van der Waals surface area contributed by atoms with Crippen LogP contribution in [-0.4, -0.2) is 12.7 Å². The molecule has 0 aromatic heterocycles. The highest BCUT2D eigenvalue weighted by Crippen LogP contribution is 2.44. The summed E-state index contributed by atoms with van der Waals surface area (Å²) in [7, 11) is 0. The third-order valence-corrected chi connectivity index (χ3v) is 8.29. The number of halogens is 2. The van der Waals surface area contributed by atoms with Crippen LogP contribution < -0.4 is 4.74 Å². The van der Waals surface area contributed by atoms with Gasteiger partial charge in [-0.2, -0.15) is 4.39 Å². The minimum atomic E-state index is -0.843. The molecule has 0 amide bonds. The molecule has 0 N–H and O–H groups in total. The molecule has 1 aromatic rings. The molecule has 4 rings (SSSR count). The highest BCUT2D eigenvalue weighted by molar-refractivity contribution is 5.33. The lowest BCUT2D eigenvalue weighted by Gasteiger charge is -2.37. The summed E-state index contributed by atoms with van der Waals surface area (Å²) in [5, 5.41) is 0.